The molecule has 1 aromatic rings. The van der Waals surface area contributed by atoms with E-state index in [1.165, 1.54) is 0 Å². The van der Waals surface area contributed by atoms with E-state index in [0.29, 0.717) is 13.2 Å². The average Bonchev–Trinajstić information content (AvgIpc) is 2.33. The molecular weight excluding hydrogens is 263 g/mol. The molecule has 4 nitrogen and oxygen atoms in total. The Kier molecular flexibility index (Phi) is 6.27. The molecule has 0 aliphatic rings. The van der Waals surface area contributed by atoms with Crippen molar-refractivity contribution in [3.63, 3.8) is 0 Å². The van der Waals surface area contributed by atoms with Gasteiger partial charge in [0.05, 0.1) is 12.3 Å². The monoisotopic (exact) mass is 279 g/mol. The van der Waals surface area contributed by atoms with Crippen LogP contribution in [-0.2, 0) is 4.74 Å². The van der Waals surface area contributed by atoms with Crippen molar-refractivity contribution < 1.29 is 27.4 Å². The van der Waals surface area contributed by atoms with Crippen LogP contribution in [-0.4, -0.2) is 26.4 Å². The molecule has 0 saturated heterocycles. The zero-order valence-electron chi connectivity index (χ0n) is 10.5. The van der Waals surface area contributed by atoms with Crippen molar-refractivity contribution >= 4 is 5.69 Å². The zero-order valence-corrected chi connectivity index (χ0v) is 10.5. The van der Waals surface area contributed by atoms with Crippen LogP contribution in [0.3, 0.4) is 0 Å². The fourth-order valence-corrected chi connectivity index (χ4v) is 1.32. The lowest BCUT2D eigenvalue weighted by molar-refractivity contribution is -0.0523. The first-order chi connectivity index (χ1) is 9.04. The maximum Gasteiger partial charge on any atom is 0.387 e. The van der Waals surface area contributed by atoms with E-state index < -0.39 is 18.2 Å². The number of hydrogen-bond acceptors (Lipinski definition) is 4. The number of nitrogens with two attached hydrogens (primary N) is 1. The molecule has 0 bridgehead atoms. The highest BCUT2D eigenvalue weighted by molar-refractivity contribution is 5.56. The van der Waals surface area contributed by atoms with Crippen molar-refractivity contribution in [2.45, 2.75) is 20.0 Å². The Morgan fingerprint density at radius 3 is 2.53 bits per heavy atom. The fraction of sp³-hybridized carbons (Fsp3) is 0.500. The molecule has 0 aromatic heterocycles. The van der Waals surface area contributed by atoms with Crippen molar-refractivity contribution in [1.29, 1.82) is 0 Å². The van der Waals surface area contributed by atoms with Crippen LogP contribution in [0.15, 0.2) is 12.1 Å². The molecular formula is C12H16F3NO3. The molecule has 2 N–H and O–H groups in total. The summed E-state index contributed by atoms with van der Waals surface area (Å²) in [5, 5.41) is 0. The van der Waals surface area contributed by atoms with Gasteiger partial charge in [0.15, 0.2) is 11.6 Å². The highest BCUT2D eigenvalue weighted by Crippen LogP contribution is 2.31. The summed E-state index contributed by atoms with van der Waals surface area (Å²) in [6.45, 7) is -0.0344. The van der Waals surface area contributed by atoms with E-state index in [0.717, 1.165) is 18.6 Å². The van der Waals surface area contributed by atoms with Crippen LogP contribution in [0.2, 0.25) is 0 Å². The van der Waals surface area contributed by atoms with Gasteiger partial charge in [0.1, 0.15) is 12.4 Å². The Labute approximate surface area is 109 Å². The number of rotatable bonds is 8. The Hall–Kier alpha value is -1.63. The van der Waals surface area contributed by atoms with Gasteiger partial charge < -0.3 is 19.9 Å². The summed E-state index contributed by atoms with van der Waals surface area (Å²) in [6, 6.07) is 1.87. The number of alkyl halides is 2. The summed E-state index contributed by atoms with van der Waals surface area (Å²) in [4.78, 5) is 0. The largest absolute Gasteiger partial charge is 0.489 e. The van der Waals surface area contributed by atoms with E-state index in [1.54, 1.807) is 0 Å². The summed E-state index contributed by atoms with van der Waals surface area (Å²) in [7, 11) is 0. The standard InChI is InChI=1S/C12H16F3NO3/c1-2-3-17-4-5-18-11-7-10(19-12(14)15)8(13)6-9(11)16/h6-7,12H,2-5,16H2,1H3. The first-order valence-electron chi connectivity index (χ1n) is 5.79. The molecule has 1 rings (SSSR count). The number of benzene rings is 1. The van der Waals surface area contributed by atoms with Crippen molar-refractivity contribution in [2.75, 3.05) is 25.6 Å². The van der Waals surface area contributed by atoms with E-state index in [-0.39, 0.29) is 18.0 Å². The van der Waals surface area contributed by atoms with Crippen LogP contribution in [0.1, 0.15) is 13.3 Å². The van der Waals surface area contributed by atoms with Gasteiger partial charge in [-0.05, 0) is 6.42 Å². The molecule has 19 heavy (non-hydrogen) atoms. The van der Waals surface area contributed by atoms with E-state index in [9.17, 15) is 13.2 Å². The van der Waals surface area contributed by atoms with Crippen LogP contribution in [0.5, 0.6) is 11.5 Å². The van der Waals surface area contributed by atoms with Gasteiger partial charge in [-0.15, -0.1) is 0 Å². The molecule has 0 saturated carbocycles. The second kappa shape index (κ2) is 7.73. The van der Waals surface area contributed by atoms with Crippen LogP contribution >= 0.6 is 0 Å². The topological polar surface area (TPSA) is 53.7 Å². The maximum atomic E-state index is 13.3. The third-order valence-corrected chi connectivity index (χ3v) is 2.11. The minimum absolute atomic E-state index is 0.00890. The van der Waals surface area contributed by atoms with Crippen molar-refractivity contribution in [1.82, 2.24) is 0 Å². The van der Waals surface area contributed by atoms with Gasteiger partial charge in [0.2, 0.25) is 0 Å². The predicted octanol–water partition coefficient (Wildman–Crippen LogP) is 2.81. The van der Waals surface area contributed by atoms with Crippen molar-refractivity contribution in [2.24, 2.45) is 0 Å². The molecule has 0 aliphatic heterocycles. The van der Waals surface area contributed by atoms with Gasteiger partial charge in [0, 0.05) is 18.7 Å². The zero-order chi connectivity index (χ0) is 14.3. The van der Waals surface area contributed by atoms with Gasteiger partial charge in [-0.3, -0.25) is 0 Å². The molecule has 0 fully saturated rings. The average molecular weight is 279 g/mol. The highest BCUT2D eigenvalue weighted by atomic mass is 19.3. The molecule has 7 heteroatoms. The summed E-state index contributed by atoms with van der Waals surface area (Å²) in [6.07, 6.45) is 0.880. The lowest BCUT2D eigenvalue weighted by Gasteiger charge is -2.12. The van der Waals surface area contributed by atoms with Gasteiger partial charge in [-0.25, -0.2) is 4.39 Å². The van der Waals surface area contributed by atoms with Crippen LogP contribution < -0.4 is 15.2 Å². The first kappa shape index (κ1) is 15.4. The van der Waals surface area contributed by atoms with E-state index in [2.05, 4.69) is 4.74 Å². The van der Waals surface area contributed by atoms with Gasteiger partial charge in [-0.1, -0.05) is 6.92 Å². The fourth-order valence-electron chi connectivity index (χ4n) is 1.32. The lowest BCUT2D eigenvalue weighted by atomic mass is 10.2. The Morgan fingerprint density at radius 1 is 1.16 bits per heavy atom. The predicted molar refractivity (Wildman–Crippen MR) is 64.0 cm³/mol. The minimum Gasteiger partial charge on any atom is -0.489 e. The summed E-state index contributed by atoms with van der Waals surface area (Å²) < 4.78 is 51.7. The van der Waals surface area contributed by atoms with Crippen LogP contribution in [0.4, 0.5) is 18.9 Å². The third-order valence-electron chi connectivity index (χ3n) is 2.11. The molecule has 0 heterocycles. The molecule has 0 radical (unpaired) electrons. The summed E-state index contributed by atoms with van der Waals surface area (Å²) in [5.74, 6) is -1.49. The number of ether oxygens (including phenoxy) is 3. The van der Waals surface area contributed by atoms with E-state index in [1.807, 2.05) is 6.92 Å². The van der Waals surface area contributed by atoms with E-state index >= 15 is 0 Å². The second-order valence-corrected chi connectivity index (χ2v) is 3.66. The van der Waals surface area contributed by atoms with Gasteiger partial charge >= 0.3 is 6.61 Å². The molecule has 0 unspecified atom stereocenters. The molecule has 0 atom stereocenters. The van der Waals surface area contributed by atoms with E-state index in [4.69, 9.17) is 15.2 Å². The second-order valence-electron chi connectivity index (χ2n) is 3.66. The Bertz CT molecular complexity index is 402. The normalized spacial score (nSPS) is 10.8. The minimum atomic E-state index is -3.11. The first-order valence-corrected chi connectivity index (χ1v) is 5.79. The van der Waals surface area contributed by atoms with Gasteiger partial charge in [-0.2, -0.15) is 8.78 Å². The molecule has 1 aromatic carbocycles. The molecule has 0 spiro atoms. The highest BCUT2D eigenvalue weighted by Gasteiger charge is 2.14. The molecule has 0 amide bonds. The Balaban J connectivity index is 2.61. The van der Waals surface area contributed by atoms with Crippen LogP contribution in [0, 0.1) is 5.82 Å². The van der Waals surface area contributed by atoms with Crippen LogP contribution in [0.25, 0.3) is 0 Å². The SMILES string of the molecule is CCCOCCOc1cc(OC(F)F)c(F)cc1N. The number of halogens is 3. The summed E-state index contributed by atoms with van der Waals surface area (Å²) in [5.41, 5.74) is 5.52. The lowest BCUT2D eigenvalue weighted by Crippen LogP contribution is -2.09. The Morgan fingerprint density at radius 2 is 1.89 bits per heavy atom. The van der Waals surface area contributed by atoms with Crippen molar-refractivity contribution in [3.8, 4) is 11.5 Å². The number of nitrogen functional groups attached to an aromatic ring is 1. The smallest absolute Gasteiger partial charge is 0.387 e. The molecule has 108 valence electrons. The third kappa shape index (κ3) is 5.25. The van der Waals surface area contributed by atoms with Crippen molar-refractivity contribution in [3.05, 3.63) is 17.9 Å². The van der Waals surface area contributed by atoms with Gasteiger partial charge in [0.25, 0.3) is 0 Å². The summed E-state index contributed by atoms with van der Waals surface area (Å²) >= 11 is 0. The number of hydrogen-bond donors (Lipinski definition) is 1. The number of anilines is 1. The molecule has 0 aliphatic carbocycles. The maximum absolute atomic E-state index is 13.3. The quantitative estimate of drug-likeness (QED) is 0.587.